The summed E-state index contributed by atoms with van der Waals surface area (Å²) in [6, 6.07) is 16.7. The molecule has 0 aliphatic heterocycles. The fraction of sp³-hybridized carbons (Fsp3) is 0.200. The average Bonchev–Trinajstić information content (AvgIpc) is 2.29. The van der Waals surface area contributed by atoms with E-state index in [1.165, 1.54) is 11.1 Å². The minimum Gasteiger partial charge on any atom is -0.113 e. The fourth-order valence-electron chi connectivity index (χ4n) is 1.76. The summed E-state index contributed by atoms with van der Waals surface area (Å²) in [5.41, 5.74) is 4.82. The predicted octanol–water partition coefficient (Wildman–Crippen LogP) is 4.63. The van der Waals surface area contributed by atoms with Gasteiger partial charge in [0.15, 0.2) is 0 Å². The highest BCUT2D eigenvalue weighted by Crippen LogP contribution is 2.29. The van der Waals surface area contributed by atoms with Gasteiger partial charge in [0.2, 0.25) is 0 Å². The first-order valence-electron chi connectivity index (χ1n) is 5.44. The lowest BCUT2D eigenvalue weighted by Crippen LogP contribution is -1.93. The highest BCUT2D eigenvalue weighted by Gasteiger charge is 2.09. The zero-order chi connectivity index (χ0) is 11.5. The first-order valence-corrected chi connectivity index (χ1v) is 5.87. The predicted molar refractivity (Wildman–Crippen MR) is 70.1 cm³/mol. The smallest absolute Gasteiger partial charge is 0.0835 e. The molecule has 0 bridgehead atoms. The second-order valence-electron chi connectivity index (χ2n) is 4.19. The fourth-order valence-corrected chi connectivity index (χ4v) is 2.04. The lowest BCUT2D eigenvalue weighted by Gasteiger charge is -2.11. The molecule has 2 rings (SSSR count). The number of aryl methyl sites for hydroxylation is 2. The Bertz CT molecular complexity index is 471. The topological polar surface area (TPSA) is 0 Å². The van der Waals surface area contributed by atoms with Gasteiger partial charge in [0.1, 0.15) is 0 Å². The molecule has 16 heavy (non-hydrogen) atoms. The van der Waals surface area contributed by atoms with E-state index in [-0.39, 0.29) is 5.38 Å². The van der Waals surface area contributed by atoms with Gasteiger partial charge in [-0.2, -0.15) is 0 Å². The SMILES string of the molecule is Cc1ccc(C(Cl)c2cccc(C)c2)cc1. The maximum Gasteiger partial charge on any atom is 0.0835 e. The first kappa shape index (κ1) is 11.2. The van der Waals surface area contributed by atoms with E-state index in [4.69, 9.17) is 11.6 Å². The average molecular weight is 231 g/mol. The molecule has 2 aromatic rings. The number of benzene rings is 2. The van der Waals surface area contributed by atoms with Crippen LogP contribution in [-0.4, -0.2) is 0 Å². The van der Waals surface area contributed by atoms with Crippen LogP contribution in [0.2, 0.25) is 0 Å². The van der Waals surface area contributed by atoms with Gasteiger partial charge in [-0.15, -0.1) is 11.6 Å². The van der Waals surface area contributed by atoms with Crippen LogP contribution in [0.1, 0.15) is 27.6 Å². The van der Waals surface area contributed by atoms with Crippen molar-refractivity contribution in [3.63, 3.8) is 0 Å². The van der Waals surface area contributed by atoms with Crippen molar-refractivity contribution in [2.24, 2.45) is 0 Å². The van der Waals surface area contributed by atoms with Crippen LogP contribution in [0.4, 0.5) is 0 Å². The summed E-state index contributed by atoms with van der Waals surface area (Å²) in [7, 11) is 0. The molecule has 0 fully saturated rings. The van der Waals surface area contributed by atoms with Gasteiger partial charge in [-0.25, -0.2) is 0 Å². The Morgan fingerprint density at radius 3 is 2.12 bits per heavy atom. The molecule has 0 aliphatic rings. The number of alkyl halides is 1. The van der Waals surface area contributed by atoms with Crippen molar-refractivity contribution in [2.45, 2.75) is 19.2 Å². The molecule has 0 N–H and O–H groups in total. The lowest BCUT2D eigenvalue weighted by molar-refractivity contribution is 1.13. The Kier molecular flexibility index (Phi) is 3.31. The van der Waals surface area contributed by atoms with E-state index in [1.54, 1.807) is 0 Å². The molecule has 0 heterocycles. The van der Waals surface area contributed by atoms with E-state index in [0.717, 1.165) is 11.1 Å². The largest absolute Gasteiger partial charge is 0.113 e. The second-order valence-corrected chi connectivity index (χ2v) is 4.62. The first-order chi connectivity index (χ1) is 7.66. The maximum atomic E-state index is 6.46. The minimum atomic E-state index is -0.0551. The number of rotatable bonds is 2. The standard InChI is InChI=1S/C15H15Cl/c1-11-6-8-13(9-7-11)15(16)14-5-3-4-12(2)10-14/h3-10,15H,1-2H3. The van der Waals surface area contributed by atoms with E-state index in [0.29, 0.717) is 0 Å². The third kappa shape index (κ3) is 2.45. The summed E-state index contributed by atoms with van der Waals surface area (Å²) in [5, 5.41) is -0.0551. The number of halogens is 1. The van der Waals surface area contributed by atoms with Crippen LogP contribution in [0.15, 0.2) is 48.5 Å². The molecular formula is C15H15Cl. The molecule has 1 heteroatoms. The summed E-state index contributed by atoms with van der Waals surface area (Å²) in [6.07, 6.45) is 0. The zero-order valence-electron chi connectivity index (χ0n) is 9.57. The molecule has 0 radical (unpaired) electrons. The van der Waals surface area contributed by atoms with Crippen molar-refractivity contribution >= 4 is 11.6 Å². The van der Waals surface area contributed by atoms with Crippen LogP contribution in [0.3, 0.4) is 0 Å². The van der Waals surface area contributed by atoms with Crippen molar-refractivity contribution in [3.05, 3.63) is 70.8 Å². The summed E-state index contributed by atoms with van der Waals surface area (Å²) in [5.74, 6) is 0. The minimum absolute atomic E-state index is 0.0551. The molecule has 82 valence electrons. The Hall–Kier alpha value is -1.27. The number of hydrogen-bond acceptors (Lipinski definition) is 0. The zero-order valence-corrected chi connectivity index (χ0v) is 10.3. The molecule has 1 atom stereocenters. The van der Waals surface area contributed by atoms with Crippen LogP contribution in [0.25, 0.3) is 0 Å². The monoisotopic (exact) mass is 230 g/mol. The molecule has 0 nitrogen and oxygen atoms in total. The Labute approximate surface area is 102 Å². The Morgan fingerprint density at radius 1 is 0.812 bits per heavy atom. The van der Waals surface area contributed by atoms with Gasteiger partial charge in [0.05, 0.1) is 5.38 Å². The summed E-state index contributed by atoms with van der Waals surface area (Å²) < 4.78 is 0. The van der Waals surface area contributed by atoms with Crippen LogP contribution < -0.4 is 0 Å². The van der Waals surface area contributed by atoms with E-state index in [2.05, 4.69) is 56.3 Å². The van der Waals surface area contributed by atoms with Gasteiger partial charge in [-0.05, 0) is 25.0 Å². The van der Waals surface area contributed by atoms with Crippen LogP contribution in [-0.2, 0) is 0 Å². The third-order valence-corrected chi connectivity index (χ3v) is 3.21. The van der Waals surface area contributed by atoms with Gasteiger partial charge in [0, 0.05) is 0 Å². The van der Waals surface area contributed by atoms with E-state index < -0.39 is 0 Å². The molecule has 2 aromatic carbocycles. The van der Waals surface area contributed by atoms with E-state index in [1.807, 2.05) is 6.07 Å². The lowest BCUT2D eigenvalue weighted by atomic mass is 10.0. The van der Waals surface area contributed by atoms with Crippen molar-refractivity contribution in [2.75, 3.05) is 0 Å². The molecular weight excluding hydrogens is 216 g/mol. The summed E-state index contributed by atoms with van der Waals surface area (Å²) in [6.45, 7) is 4.17. The van der Waals surface area contributed by atoms with Gasteiger partial charge in [0.25, 0.3) is 0 Å². The van der Waals surface area contributed by atoms with Crippen LogP contribution >= 0.6 is 11.6 Å². The van der Waals surface area contributed by atoms with E-state index in [9.17, 15) is 0 Å². The van der Waals surface area contributed by atoms with Crippen LogP contribution in [0.5, 0.6) is 0 Å². The summed E-state index contributed by atoms with van der Waals surface area (Å²) in [4.78, 5) is 0. The Balaban J connectivity index is 2.31. The van der Waals surface area contributed by atoms with Crippen LogP contribution in [0, 0.1) is 13.8 Å². The van der Waals surface area contributed by atoms with Crippen molar-refractivity contribution in [3.8, 4) is 0 Å². The van der Waals surface area contributed by atoms with E-state index >= 15 is 0 Å². The normalized spacial score (nSPS) is 12.4. The van der Waals surface area contributed by atoms with Crippen molar-refractivity contribution < 1.29 is 0 Å². The number of hydrogen-bond donors (Lipinski definition) is 0. The van der Waals surface area contributed by atoms with Crippen molar-refractivity contribution in [1.82, 2.24) is 0 Å². The highest BCUT2D eigenvalue weighted by atomic mass is 35.5. The summed E-state index contributed by atoms with van der Waals surface area (Å²) >= 11 is 6.46. The molecule has 0 spiro atoms. The van der Waals surface area contributed by atoms with Gasteiger partial charge < -0.3 is 0 Å². The highest BCUT2D eigenvalue weighted by molar-refractivity contribution is 6.22. The molecule has 0 amide bonds. The van der Waals surface area contributed by atoms with Gasteiger partial charge >= 0.3 is 0 Å². The molecule has 0 saturated heterocycles. The van der Waals surface area contributed by atoms with Crippen molar-refractivity contribution in [1.29, 1.82) is 0 Å². The quantitative estimate of drug-likeness (QED) is 0.660. The second kappa shape index (κ2) is 4.71. The van der Waals surface area contributed by atoms with Gasteiger partial charge in [-0.3, -0.25) is 0 Å². The molecule has 1 unspecified atom stereocenters. The molecule has 0 saturated carbocycles. The molecule has 0 aromatic heterocycles. The van der Waals surface area contributed by atoms with Gasteiger partial charge in [-0.1, -0.05) is 59.7 Å². The third-order valence-electron chi connectivity index (χ3n) is 2.70. The molecule has 0 aliphatic carbocycles. The Morgan fingerprint density at radius 2 is 1.50 bits per heavy atom. The maximum absolute atomic E-state index is 6.46.